The Morgan fingerprint density at radius 3 is 2.09 bits per heavy atom. The molecule has 0 aliphatic carbocycles. The van der Waals surface area contributed by atoms with Crippen LogP contribution in [0.5, 0.6) is 0 Å². The lowest BCUT2D eigenvalue weighted by Crippen LogP contribution is -2.32. The van der Waals surface area contributed by atoms with Crippen LogP contribution in [0.1, 0.15) is 48.7 Å². The molecule has 0 saturated carbocycles. The second-order valence-electron chi connectivity index (χ2n) is 9.75. The summed E-state index contributed by atoms with van der Waals surface area (Å²) in [6, 6.07) is 17.9. The second-order valence-corrected chi connectivity index (χ2v) is 9.75. The highest BCUT2D eigenvalue weighted by atomic mass is 19.1. The van der Waals surface area contributed by atoms with E-state index in [-0.39, 0.29) is 17.3 Å². The molecule has 0 aliphatic rings. The van der Waals surface area contributed by atoms with E-state index in [0.717, 1.165) is 23.9 Å². The number of aryl methyl sites for hydroxylation is 1. The van der Waals surface area contributed by atoms with Crippen LogP contribution in [0, 0.1) is 19.7 Å². The van der Waals surface area contributed by atoms with E-state index in [9.17, 15) is 4.39 Å². The molecule has 1 unspecified atom stereocenters. The van der Waals surface area contributed by atoms with Crippen LogP contribution < -0.4 is 5.43 Å². The third kappa shape index (κ3) is 4.69. The number of nitrogens with zero attached hydrogens (tertiary/aromatic N) is 2. The Bertz CT molecular complexity index is 1200. The number of benzene rings is 2. The average Bonchev–Trinajstić information content (AvgIpc) is 3.00. The Morgan fingerprint density at radius 2 is 1.50 bits per heavy atom. The quantitative estimate of drug-likeness (QED) is 0.380. The summed E-state index contributed by atoms with van der Waals surface area (Å²) in [4.78, 5) is 4.34. The van der Waals surface area contributed by atoms with Crippen molar-refractivity contribution in [3.63, 3.8) is 0 Å². The molecule has 3 nitrogen and oxygen atoms in total. The summed E-state index contributed by atoms with van der Waals surface area (Å²) in [5.41, 5.74) is 11.1. The Labute approximate surface area is 190 Å². The molecule has 2 heterocycles. The average molecular weight is 430 g/mol. The van der Waals surface area contributed by atoms with Crippen molar-refractivity contribution in [3.05, 3.63) is 101 Å². The summed E-state index contributed by atoms with van der Waals surface area (Å²) in [7, 11) is 0. The number of aromatic nitrogens is 2. The number of hydrogen-bond acceptors (Lipinski definition) is 2. The molecular formula is C28H32FN3. The van der Waals surface area contributed by atoms with Gasteiger partial charge in [0.2, 0.25) is 0 Å². The Hall–Kier alpha value is -3.14. The van der Waals surface area contributed by atoms with Gasteiger partial charge in [0.05, 0.1) is 17.8 Å². The number of pyridine rings is 1. The Morgan fingerprint density at radius 1 is 0.906 bits per heavy atom. The minimum absolute atomic E-state index is 0.134. The molecular weight excluding hydrogens is 397 g/mol. The van der Waals surface area contributed by atoms with Crippen molar-refractivity contribution in [2.45, 2.75) is 58.9 Å². The molecule has 32 heavy (non-hydrogen) atoms. The van der Waals surface area contributed by atoms with E-state index < -0.39 is 0 Å². The monoisotopic (exact) mass is 429 g/mol. The summed E-state index contributed by atoms with van der Waals surface area (Å²) < 4.78 is 15.6. The van der Waals surface area contributed by atoms with Crippen LogP contribution >= 0.6 is 0 Å². The molecule has 0 spiro atoms. The van der Waals surface area contributed by atoms with Crippen molar-refractivity contribution in [1.29, 1.82) is 0 Å². The SMILES string of the molecule is Cc1c(C)n(NC(Cc2ccc(F)cc2)Cc2ccc(C(C)(C)C)cc2)c2cnccc12. The molecule has 0 fully saturated rings. The number of rotatable bonds is 6. The number of halogens is 1. The fourth-order valence-corrected chi connectivity index (χ4v) is 4.27. The van der Waals surface area contributed by atoms with E-state index in [2.05, 4.69) is 80.0 Å². The highest BCUT2D eigenvalue weighted by Crippen LogP contribution is 2.25. The van der Waals surface area contributed by atoms with Crippen molar-refractivity contribution in [3.8, 4) is 0 Å². The van der Waals surface area contributed by atoms with Gasteiger partial charge in [0.25, 0.3) is 0 Å². The molecule has 1 atom stereocenters. The van der Waals surface area contributed by atoms with Gasteiger partial charge in [-0.3, -0.25) is 9.66 Å². The van der Waals surface area contributed by atoms with Crippen molar-refractivity contribution in [2.24, 2.45) is 0 Å². The lowest BCUT2D eigenvalue weighted by atomic mass is 9.86. The van der Waals surface area contributed by atoms with E-state index in [1.807, 2.05) is 24.5 Å². The molecule has 0 saturated heterocycles. The Balaban J connectivity index is 1.65. The van der Waals surface area contributed by atoms with Gasteiger partial charge in [0.15, 0.2) is 0 Å². The third-order valence-electron chi connectivity index (χ3n) is 6.33. The fourth-order valence-electron chi connectivity index (χ4n) is 4.27. The van der Waals surface area contributed by atoms with Crippen LogP contribution in [0.2, 0.25) is 0 Å². The van der Waals surface area contributed by atoms with Crippen LogP contribution in [0.25, 0.3) is 10.9 Å². The van der Waals surface area contributed by atoms with Gasteiger partial charge in [-0.15, -0.1) is 0 Å². The van der Waals surface area contributed by atoms with Crippen molar-refractivity contribution < 1.29 is 4.39 Å². The van der Waals surface area contributed by atoms with Gasteiger partial charge in [-0.05, 0) is 72.6 Å². The maximum absolute atomic E-state index is 13.5. The third-order valence-corrected chi connectivity index (χ3v) is 6.33. The van der Waals surface area contributed by atoms with E-state index in [0.29, 0.717) is 0 Å². The predicted octanol–water partition coefficient (Wildman–Crippen LogP) is 6.49. The molecule has 4 aromatic rings. The minimum Gasteiger partial charge on any atom is -0.322 e. The van der Waals surface area contributed by atoms with E-state index in [4.69, 9.17) is 0 Å². The molecule has 2 aromatic heterocycles. The highest BCUT2D eigenvalue weighted by Gasteiger charge is 2.18. The summed E-state index contributed by atoms with van der Waals surface area (Å²) >= 11 is 0. The normalized spacial score (nSPS) is 12.8. The van der Waals surface area contributed by atoms with Crippen LogP contribution in [0.3, 0.4) is 0 Å². The first-order valence-corrected chi connectivity index (χ1v) is 11.2. The van der Waals surface area contributed by atoms with Gasteiger partial charge < -0.3 is 5.43 Å². The summed E-state index contributed by atoms with van der Waals surface area (Å²) in [5, 5.41) is 1.21. The fraction of sp³-hybridized carbons (Fsp3) is 0.321. The number of nitrogens with one attached hydrogen (secondary N) is 1. The molecule has 0 amide bonds. The lowest BCUT2D eigenvalue weighted by molar-refractivity contribution is 0.589. The van der Waals surface area contributed by atoms with Crippen molar-refractivity contribution in [2.75, 3.05) is 5.43 Å². The maximum atomic E-state index is 13.5. The van der Waals surface area contributed by atoms with Gasteiger partial charge in [0.1, 0.15) is 5.82 Å². The molecule has 0 aliphatic heterocycles. The molecule has 4 rings (SSSR count). The molecule has 0 radical (unpaired) electrons. The highest BCUT2D eigenvalue weighted by molar-refractivity contribution is 5.84. The van der Waals surface area contributed by atoms with Gasteiger partial charge in [-0.2, -0.15) is 0 Å². The molecule has 166 valence electrons. The van der Waals surface area contributed by atoms with Crippen LogP contribution in [0.15, 0.2) is 67.0 Å². The summed E-state index contributed by atoms with van der Waals surface area (Å²) in [6.07, 6.45) is 5.40. The van der Waals surface area contributed by atoms with E-state index in [1.165, 1.54) is 39.9 Å². The van der Waals surface area contributed by atoms with Crippen molar-refractivity contribution in [1.82, 2.24) is 9.66 Å². The lowest BCUT2D eigenvalue weighted by Gasteiger charge is -2.24. The first-order valence-electron chi connectivity index (χ1n) is 11.2. The minimum atomic E-state index is -0.204. The molecule has 1 N–H and O–H groups in total. The zero-order chi connectivity index (χ0) is 22.9. The second kappa shape index (κ2) is 8.78. The Kier molecular flexibility index (Phi) is 6.05. The van der Waals surface area contributed by atoms with Gasteiger partial charge in [-0.25, -0.2) is 4.39 Å². The maximum Gasteiger partial charge on any atom is 0.123 e. The molecule has 4 heteroatoms. The largest absolute Gasteiger partial charge is 0.322 e. The number of fused-ring (bicyclic) bond motifs is 1. The number of hydrogen-bond donors (Lipinski definition) is 1. The first kappa shape index (κ1) is 22.1. The molecule has 2 aromatic carbocycles. The predicted molar refractivity (Wildman–Crippen MR) is 131 cm³/mol. The summed E-state index contributed by atoms with van der Waals surface area (Å²) in [5.74, 6) is -0.204. The zero-order valence-electron chi connectivity index (χ0n) is 19.6. The zero-order valence-corrected chi connectivity index (χ0v) is 19.6. The van der Waals surface area contributed by atoms with Crippen molar-refractivity contribution >= 4 is 10.9 Å². The van der Waals surface area contributed by atoms with Crippen LogP contribution in [0.4, 0.5) is 4.39 Å². The van der Waals surface area contributed by atoms with Gasteiger partial charge >= 0.3 is 0 Å². The van der Waals surface area contributed by atoms with Gasteiger partial charge in [0, 0.05) is 17.3 Å². The van der Waals surface area contributed by atoms with E-state index >= 15 is 0 Å². The first-order chi connectivity index (χ1) is 15.2. The summed E-state index contributed by atoms with van der Waals surface area (Å²) in [6.45, 7) is 11.0. The standard InChI is InChI=1S/C28H32FN3/c1-19-20(2)32(27-18-30-15-14-26(19)27)31-25(17-22-8-12-24(29)13-9-22)16-21-6-10-23(11-7-21)28(3,4)5/h6-15,18,25,31H,16-17H2,1-5H3. The topological polar surface area (TPSA) is 29.9 Å². The molecule has 0 bridgehead atoms. The van der Waals surface area contributed by atoms with Crippen LogP contribution in [-0.4, -0.2) is 15.7 Å². The smallest absolute Gasteiger partial charge is 0.123 e. The van der Waals surface area contributed by atoms with E-state index in [1.54, 1.807) is 0 Å². The van der Waals surface area contributed by atoms with Crippen LogP contribution in [-0.2, 0) is 18.3 Å². The van der Waals surface area contributed by atoms with Gasteiger partial charge in [-0.1, -0.05) is 57.2 Å².